The van der Waals surface area contributed by atoms with Gasteiger partial charge in [0.25, 0.3) is 0 Å². The van der Waals surface area contributed by atoms with Gasteiger partial charge in [-0.15, -0.1) is 11.3 Å². The number of thiophene rings is 1. The Balaban J connectivity index is 2.47. The van der Waals surface area contributed by atoms with Gasteiger partial charge in [-0.05, 0) is 62.7 Å². The number of nitrogens with zero attached hydrogens (tertiary/aromatic N) is 2. The number of hydrazine groups is 1. The lowest BCUT2D eigenvalue weighted by Crippen LogP contribution is -2.31. The molecule has 0 spiro atoms. The van der Waals surface area contributed by atoms with Crippen molar-refractivity contribution in [1.29, 1.82) is 0 Å². The highest BCUT2D eigenvalue weighted by atomic mass is 79.9. The van der Waals surface area contributed by atoms with Crippen molar-refractivity contribution in [1.82, 2.24) is 15.2 Å². The zero-order valence-electron chi connectivity index (χ0n) is 10.0. The highest BCUT2D eigenvalue weighted by Crippen LogP contribution is 2.33. The number of nitrogens with one attached hydrogen (secondary N) is 1. The molecule has 0 fully saturated rings. The van der Waals surface area contributed by atoms with Crippen LogP contribution in [-0.2, 0) is 0 Å². The zero-order valence-corrected chi connectivity index (χ0v) is 14.0. The van der Waals surface area contributed by atoms with Crippen LogP contribution in [0.15, 0.2) is 25.9 Å². The molecule has 1 atom stereocenters. The lowest BCUT2D eigenvalue weighted by molar-refractivity contribution is 0.475. The Hall–Kier alpha value is -0.210. The van der Waals surface area contributed by atoms with Crippen molar-refractivity contribution in [3.05, 3.63) is 37.2 Å². The molecule has 4 nitrogen and oxygen atoms in total. The number of halogens is 2. The molecule has 3 N–H and O–H groups in total. The van der Waals surface area contributed by atoms with Crippen molar-refractivity contribution in [2.45, 2.75) is 25.9 Å². The van der Waals surface area contributed by atoms with Crippen LogP contribution in [0.4, 0.5) is 0 Å². The molecule has 2 aromatic heterocycles. The minimum Gasteiger partial charge on any atom is -0.271 e. The third kappa shape index (κ3) is 2.70. The topological polar surface area (TPSA) is 55.9 Å². The van der Waals surface area contributed by atoms with Gasteiger partial charge in [0.05, 0.1) is 26.2 Å². The summed E-state index contributed by atoms with van der Waals surface area (Å²) >= 11 is 8.66. The molecule has 98 valence electrons. The standard InChI is InChI=1S/C11H14Br2N4S/c1-6(2)17-11(8(12)4-15-17)10(16-14)7-3-9(13)18-5-7/h3-6,10,16H,14H2,1-2H3. The summed E-state index contributed by atoms with van der Waals surface area (Å²) in [6.45, 7) is 4.19. The minimum absolute atomic E-state index is 0.0770. The van der Waals surface area contributed by atoms with E-state index in [0.717, 1.165) is 19.5 Å². The smallest absolute Gasteiger partial charge is 0.0898 e. The fraction of sp³-hybridized carbons (Fsp3) is 0.364. The molecule has 0 saturated carbocycles. The predicted molar refractivity (Wildman–Crippen MR) is 81.5 cm³/mol. The van der Waals surface area contributed by atoms with Crippen LogP contribution in [0.3, 0.4) is 0 Å². The molecule has 0 aliphatic rings. The monoisotopic (exact) mass is 392 g/mol. The van der Waals surface area contributed by atoms with E-state index in [0.29, 0.717) is 0 Å². The van der Waals surface area contributed by atoms with Crippen LogP contribution in [-0.4, -0.2) is 9.78 Å². The van der Waals surface area contributed by atoms with Gasteiger partial charge in [0, 0.05) is 6.04 Å². The van der Waals surface area contributed by atoms with Crippen LogP contribution in [0.25, 0.3) is 0 Å². The van der Waals surface area contributed by atoms with Crippen LogP contribution in [0.1, 0.15) is 37.2 Å². The maximum atomic E-state index is 5.72. The summed E-state index contributed by atoms with van der Waals surface area (Å²) in [5.41, 5.74) is 5.03. The SMILES string of the molecule is CC(C)n1ncc(Br)c1C(NN)c1csc(Br)c1. The van der Waals surface area contributed by atoms with Crippen molar-refractivity contribution in [3.63, 3.8) is 0 Å². The molecule has 0 radical (unpaired) electrons. The maximum absolute atomic E-state index is 5.72. The van der Waals surface area contributed by atoms with Gasteiger partial charge >= 0.3 is 0 Å². The molecule has 0 bridgehead atoms. The molecular weight excluding hydrogens is 380 g/mol. The molecule has 18 heavy (non-hydrogen) atoms. The Morgan fingerprint density at radius 3 is 2.67 bits per heavy atom. The fourth-order valence-corrected chi connectivity index (χ4v) is 3.54. The number of hydrogen-bond acceptors (Lipinski definition) is 4. The Bertz CT molecular complexity index is 535. The fourth-order valence-electron chi connectivity index (χ4n) is 1.84. The van der Waals surface area contributed by atoms with Gasteiger partial charge in [-0.25, -0.2) is 5.43 Å². The molecule has 1 unspecified atom stereocenters. The van der Waals surface area contributed by atoms with Gasteiger partial charge in [-0.2, -0.15) is 5.10 Å². The second-order valence-electron chi connectivity index (χ2n) is 4.20. The van der Waals surface area contributed by atoms with E-state index in [2.05, 4.69) is 67.7 Å². The zero-order chi connectivity index (χ0) is 13.3. The van der Waals surface area contributed by atoms with Crippen LogP contribution in [0.2, 0.25) is 0 Å². The summed E-state index contributed by atoms with van der Waals surface area (Å²) in [5.74, 6) is 5.72. The Labute approximate surface area is 127 Å². The first-order valence-electron chi connectivity index (χ1n) is 5.47. The number of rotatable bonds is 4. The van der Waals surface area contributed by atoms with E-state index in [1.807, 2.05) is 4.68 Å². The summed E-state index contributed by atoms with van der Waals surface area (Å²) in [5, 5.41) is 6.46. The normalized spacial score (nSPS) is 13.2. The van der Waals surface area contributed by atoms with Gasteiger partial charge in [-0.1, -0.05) is 0 Å². The average Bonchev–Trinajstić information content (AvgIpc) is 2.88. The molecule has 0 aromatic carbocycles. The maximum Gasteiger partial charge on any atom is 0.0898 e. The second-order valence-corrected chi connectivity index (χ2v) is 7.34. The molecule has 0 saturated heterocycles. The molecule has 7 heteroatoms. The summed E-state index contributed by atoms with van der Waals surface area (Å²) in [4.78, 5) is 0. The molecular formula is C11H14Br2N4S. The lowest BCUT2D eigenvalue weighted by atomic mass is 10.1. The van der Waals surface area contributed by atoms with Crippen molar-refractivity contribution in [2.24, 2.45) is 5.84 Å². The van der Waals surface area contributed by atoms with Gasteiger partial charge in [0.2, 0.25) is 0 Å². The first-order chi connectivity index (χ1) is 8.54. The third-order valence-corrected chi connectivity index (χ3v) is 4.77. The van der Waals surface area contributed by atoms with Crippen LogP contribution in [0, 0.1) is 0 Å². The van der Waals surface area contributed by atoms with Crippen LogP contribution < -0.4 is 11.3 Å². The largest absolute Gasteiger partial charge is 0.271 e. The predicted octanol–water partition coefficient (Wildman–Crippen LogP) is 3.60. The number of aromatic nitrogens is 2. The third-order valence-electron chi connectivity index (χ3n) is 2.64. The molecule has 0 aliphatic heterocycles. The van der Waals surface area contributed by atoms with Gasteiger partial charge < -0.3 is 0 Å². The van der Waals surface area contributed by atoms with Crippen molar-refractivity contribution in [3.8, 4) is 0 Å². The molecule has 0 aliphatic carbocycles. The van der Waals surface area contributed by atoms with Crippen molar-refractivity contribution in [2.75, 3.05) is 0 Å². The molecule has 2 heterocycles. The average molecular weight is 394 g/mol. The summed E-state index contributed by atoms with van der Waals surface area (Å²) in [6, 6.07) is 2.27. The summed E-state index contributed by atoms with van der Waals surface area (Å²) < 4.78 is 4.02. The van der Waals surface area contributed by atoms with E-state index >= 15 is 0 Å². The highest BCUT2D eigenvalue weighted by molar-refractivity contribution is 9.11. The van der Waals surface area contributed by atoms with E-state index < -0.39 is 0 Å². The van der Waals surface area contributed by atoms with Crippen LogP contribution in [0.5, 0.6) is 0 Å². The highest BCUT2D eigenvalue weighted by Gasteiger charge is 2.22. The van der Waals surface area contributed by atoms with E-state index in [1.54, 1.807) is 17.5 Å². The molecule has 2 rings (SSSR count). The number of nitrogens with two attached hydrogens (primary N) is 1. The summed E-state index contributed by atoms with van der Waals surface area (Å²) in [6.07, 6.45) is 1.81. The first-order valence-corrected chi connectivity index (χ1v) is 7.94. The first kappa shape index (κ1) is 14.2. The van der Waals surface area contributed by atoms with E-state index in [1.165, 1.54) is 0 Å². The number of hydrogen-bond donors (Lipinski definition) is 2. The van der Waals surface area contributed by atoms with Crippen molar-refractivity contribution < 1.29 is 0 Å². The van der Waals surface area contributed by atoms with Crippen molar-refractivity contribution >= 4 is 43.2 Å². The van der Waals surface area contributed by atoms with Gasteiger partial charge in [0.1, 0.15) is 0 Å². The quantitative estimate of drug-likeness (QED) is 0.616. The second kappa shape index (κ2) is 5.83. The Morgan fingerprint density at radius 2 is 2.17 bits per heavy atom. The van der Waals surface area contributed by atoms with Gasteiger partial charge in [0.15, 0.2) is 0 Å². The van der Waals surface area contributed by atoms with Gasteiger partial charge in [-0.3, -0.25) is 10.5 Å². The lowest BCUT2D eigenvalue weighted by Gasteiger charge is -2.19. The summed E-state index contributed by atoms with van der Waals surface area (Å²) in [7, 11) is 0. The molecule has 0 amide bonds. The molecule has 2 aromatic rings. The van der Waals surface area contributed by atoms with E-state index in [9.17, 15) is 0 Å². The Kier molecular flexibility index (Phi) is 4.60. The Morgan fingerprint density at radius 1 is 1.44 bits per heavy atom. The minimum atomic E-state index is -0.0770. The van der Waals surface area contributed by atoms with E-state index in [-0.39, 0.29) is 12.1 Å². The van der Waals surface area contributed by atoms with E-state index in [4.69, 9.17) is 5.84 Å². The van der Waals surface area contributed by atoms with Crippen LogP contribution >= 0.6 is 43.2 Å².